The number of benzene rings is 1. The number of nitrogens with one attached hydrogen (secondary N) is 1. The number of hydrogen-bond donors (Lipinski definition) is 2. The summed E-state index contributed by atoms with van der Waals surface area (Å²) in [5.74, 6) is -0.618. The lowest BCUT2D eigenvalue weighted by molar-refractivity contribution is -0.118. The summed E-state index contributed by atoms with van der Waals surface area (Å²) in [4.78, 5) is 10.6. The van der Waals surface area contributed by atoms with E-state index in [1.54, 1.807) is 6.92 Å². The highest BCUT2D eigenvalue weighted by atomic mass is 79.9. The first-order chi connectivity index (χ1) is 9.89. The van der Waals surface area contributed by atoms with Gasteiger partial charge < -0.3 is 5.32 Å². The zero-order valence-electron chi connectivity index (χ0n) is 11.5. The van der Waals surface area contributed by atoms with Crippen LogP contribution in [0.15, 0.2) is 26.0 Å². The van der Waals surface area contributed by atoms with Crippen molar-refractivity contribution in [2.45, 2.75) is 23.3 Å². The summed E-state index contributed by atoms with van der Waals surface area (Å²) in [7, 11) is -9.40. The summed E-state index contributed by atoms with van der Waals surface area (Å²) >= 11 is 6.28. The molecule has 0 spiro atoms. The Morgan fingerprint density at radius 1 is 1.23 bits per heavy atom. The van der Waals surface area contributed by atoms with Crippen LogP contribution in [0.3, 0.4) is 0 Å². The van der Waals surface area contributed by atoms with Crippen molar-refractivity contribution in [2.24, 2.45) is 0 Å². The van der Waals surface area contributed by atoms with Crippen LogP contribution in [-0.2, 0) is 24.7 Å². The molecule has 7 nitrogen and oxygen atoms in total. The fourth-order valence-corrected chi connectivity index (χ4v) is 6.27. The van der Waals surface area contributed by atoms with E-state index in [4.69, 9.17) is 0 Å². The summed E-state index contributed by atoms with van der Waals surface area (Å²) < 4.78 is 55.5. The molecule has 0 bridgehead atoms. The average molecular weight is 479 g/mol. The lowest BCUT2D eigenvalue weighted by atomic mass is 10.2. The summed E-state index contributed by atoms with van der Waals surface area (Å²) in [5, 5.41) is 2.09. The Kier molecular flexibility index (Phi) is 6.18. The highest BCUT2D eigenvalue weighted by Crippen LogP contribution is 2.34. The molecular weight excluding hydrogens is 466 g/mol. The third kappa shape index (κ3) is 4.28. The van der Waals surface area contributed by atoms with Gasteiger partial charge in [0.25, 0.3) is 10.1 Å². The number of carbonyl (C=O) groups excluding carboxylic acids is 1. The minimum Gasteiger partial charge on any atom is -0.354 e. The van der Waals surface area contributed by atoms with Gasteiger partial charge in [-0.25, -0.2) is 8.42 Å². The molecule has 0 aliphatic heterocycles. The SMILES string of the molecule is CC(=O)NCC(S(=O)(=O)O)S(=O)(=O)c1ccc(C)c(Br)c1Br. The second-order valence-corrected chi connectivity index (χ2v) is 10.0. The molecule has 1 atom stereocenters. The van der Waals surface area contributed by atoms with Crippen LogP contribution >= 0.6 is 31.9 Å². The highest BCUT2D eigenvalue weighted by Gasteiger charge is 2.39. The fourth-order valence-electron chi connectivity index (χ4n) is 1.59. The van der Waals surface area contributed by atoms with Gasteiger partial charge in [0, 0.05) is 11.4 Å². The monoisotopic (exact) mass is 477 g/mol. The Hall–Kier alpha value is -0.490. The van der Waals surface area contributed by atoms with Crippen molar-refractivity contribution in [2.75, 3.05) is 6.54 Å². The number of aryl methyl sites for hydroxylation is 1. The van der Waals surface area contributed by atoms with Gasteiger partial charge in [0.2, 0.25) is 20.3 Å². The molecule has 22 heavy (non-hydrogen) atoms. The van der Waals surface area contributed by atoms with Gasteiger partial charge in [0.1, 0.15) is 0 Å². The predicted molar refractivity (Wildman–Crippen MR) is 87.8 cm³/mol. The van der Waals surface area contributed by atoms with Gasteiger partial charge in [-0.15, -0.1) is 0 Å². The van der Waals surface area contributed by atoms with E-state index >= 15 is 0 Å². The van der Waals surface area contributed by atoms with Crippen LogP contribution in [0.4, 0.5) is 0 Å². The van der Waals surface area contributed by atoms with Crippen molar-refractivity contribution < 1.29 is 26.2 Å². The van der Waals surface area contributed by atoms with Crippen LogP contribution in [-0.4, -0.2) is 38.4 Å². The molecule has 2 N–H and O–H groups in total. The molecule has 0 fully saturated rings. The Balaban J connectivity index is 3.47. The molecule has 0 heterocycles. The molecule has 0 aliphatic rings. The van der Waals surface area contributed by atoms with E-state index in [1.165, 1.54) is 12.1 Å². The Bertz CT molecular complexity index is 804. The minimum atomic E-state index is -4.94. The van der Waals surface area contributed by atoms with Gasteiger partial charge in [-0.2, -0.15) is 8.42 Å². The number of rotatable bonds is 5. The Morgan fingerprint density at radius 2 is 1.77 bits per heavy atom. The quantitative estimate of drug-likeness (QED) is 0.621. The molecule has 1 aromatic rings. The molecule has 0 saturated carbocycles. The second-order valence-electron chi connectivity index (χ2n) is 4.44. The van der Waals surface area contributed by atoms with E-state index in [2.05, 4.69) is 37.2 Å². The first-order valence-electron chi connectivity index (χ1n) is 5.78. The van der Waals surface area contributed by atoms with Gasteiger partial charge in [0.05, 0.1) is 15.9 Å². The summed E-state index contributed by atoms with van der Waals surface area (Å²) in [6.07, 6.45) is 0. The standard InChI is InChI=1S/C11H13Br2NO6S2/c1-6-3-4-8(11(13)10(6)12)21(16,17)9(22(18,19)20)5-14-7(2)15/h3-4,9H,5H2,1-2H3,(H,14,15)(H,18,19,20). The molecule has 0 aliphatic carbocycles. The Labute approximate surface area is 145 Å². The molecule has 124 valence electrons. The fraction of sp³-hybridized carbons (Fsp3) is 0.364. The highest BCUT2D eigenvalue weighted by molar-refractivity contribution is 9.13. The van der Waals surface area contributed by atoms with Gasteiger partial charge in [-0.05, 0) is 50.4 Å². The van der Waals surface area contributed by atoms with Crippen LogP contribution < -0.4 is 5.32 Å². The van der Waals surface area contributed by atoms with Gasteiger partial charge in [-0.3, -0.25) is 9.35 Å². The van der Waals surface area contributed by atoms with E-state index in [9.17, 15) is 26.2 Å². The van der Waals surface area contributed by atoms with Crippen LogP contribution in [0.1, 0.15) is 12.5 Å². The number of amides is 1. The van der Waals surface area contributed by atoms with Crippen LogP contribution in [0.5, 0.6) is 0 Å². The zero-order valence-corrected chi connectivity index (χ0v) is 16.3. The molecule has 0 saturated heterocycles. The first-order valence-corrected chi connectivity index (χ1v) is 10.4. The number of hydrogen-bond acceptors (Lipinski definition) is 5. The smallest absolute Gasteiger partial charge is 0.284 e. The molecule has 1 amide bonds. The third-order valence-electron chi connectivity index (χ3n) is 2.74. The maximum absolute atomic E-state index is 12.5. The summed E-state index contributed by atoms with van der Waals surface area (Å²) in [6.45, 7) is 2.07. The van der Waals surface area contributed by atoms with Crippen molar-refractivity contribution >= 4 is 57.7 Å². The molecular formula is C11H13Br2NO6S2. The zero-order chi connectivity index (χ0) is 17.3. The normalized spacial score (nSPS) is 13.7. The van der Waals surface area contributed by atoms with Crippen molar-refractivity contribution in [3.05, 3.63) is 26.6 Å². The number of carbonyl (C=O) groups is 1. The van der Waals surface area contributed by atoms with E-state index in [1.807, 2.05) is 0 Å². The van der Waals surface area contributed by atoms with Crippen molar-refractivity contribution in [3.63, 3.8) is 0 Å². The van der Waals surface area contributed by atoms with Crippen molar-refractivity contribution in [3.8, 4) is 0 Å². The van der Waals surface area contributed by atoms with Gasteiger partial charge >= 0.3 is 0 Å². The number of halogens is 2. The number of sulfone groups is 1. The van der Waals surface area contributed by atoms with Crippen LogP contribution in [0.25, 0.3) is 0 Å². The van der Waals surface area contributed by atoms with Crippen molar-refractivity contribution in [1.82, 2.24) is 5.32 Å². The average Bonchev–Trinajstić information content (AvgIpc) is 2.33. The Morgan fingerprint density at radius 3 is 2.23 bits per heavy atom. The van der Waals surface area contributed by atoms with Gasteiger partial charge in [0.15, 0.2) is 0 Å². The summed E-state index contributed by atoms with van der Waals surface area (Å²) in [5.41, 5.74) is 0.732. The topological polar surface area (TPSA) is 118 Å². The minimum absolute atomic E-state index is 0.143. The maximum atomic E-state index is 12.5. The molecule has 0 aromatic heterocycles. The maximum Gasteiger partial charge on any atom is 0.284 e. The third-order valence-corrected chi connectivity index (χ3v) is 9.52. The van der Waals surface area contributed by atoms with E-state index in [-0.39, 0.29) is 9.37 Å². The second kappa shape index (κ2) is 6.95. The first kappa shape index (κ1) is 19.6. The summed E-state index contributed by atoms with van der Waals surface area (Å²) in [6, 6.07) is 2.71. The predicted octanol–water partition coefficient (Wildman–Crippen LogP) is 1.64. The lowest BCUT2D eigenvalue weighted by Gasteiger charge is -2.17. The molecule has 11 heteroatoms. The largest absolute Gasteiger partial charge is 0.354 e. The molecule has 0 radical (unpaired) electrons. The van der Waals surface area contributed by atoms with E-state index in [0.29, 0.717) is 4.47 Å². The molecule has 1 aromatic carbocycles. The van der Waals surface area contributed by atoms with E-state index < -0.39 is 37.0 Å². The molecule has 1 unspecified atom stereocenters. The van der Waals surface area contributed by atoms with Crippen molar-refractivity contribution in [1.29, 1.82) is 0 Å². The lowest BCUT2D eigenvalue weighted by Crippen LogP contribution is -2.41. The molecule has 1 rings (SSSR count). The van der Waals surface area contributed by atoms with Crippen LogP contribution in [0.2, 0.25) is 0 Å². The van der Waals surface area contributed by atoms with Crippen LogP contribution in [0, 0.1) is 6.92 Å². The van der Waals surface area contributed by atoms with E-state index in [0.717, 1.165) is 12.5 Å². The van der Waals surface area contributed by atoms with Gasteiger partial charge in [-0.1, -0.05) is 6.07 Å².